The molecule has 1 aromatic carbocycles. The molecule has 3 rings (SSSR count). The number of hydrogen-bond acceptors (Lipinski definition) is 8. The second-order valence-corrected chi connectivity index (χ2v) is 8.11. The normalized spacial score (nSPS) is 11.1. The van der Waals surface area contributed by atoms with Crippen molar-refractivity contribution in [2.45, 2.75) is 18.6 Å². The highest BCUT2D eigenvalue weighted by Crippen LogP contribution is 2.20. The van der Waals surface area contributed by atoms with E-state index in [9.17, 15) is 13.2 Å². The maximum Gasteiger partial charge on any atom is 0.248 e. The molecular weight excluding hydrogens is 388 g/mol. The zero-order chi connectivity index (χ0) is 19.3. The average Bonchev–Trinajstić information content (AvgIpc) is 3.31. The zero-order valence-corrected chi connectivity index (χ0v) is 15.6. The fourth-order valence-electron chi connectivity index (χ4n) is 2.23. The lowest BCUT2D eigenvalue weighted by atomic mass is 10.2. The molecule has 2 aromatic heterocycles. The summed E-state index contributed by atoms with van der Waals surface area (Å²) in [6.07, 6.45) is 0.0349. The predicted molar refractivity (Wildman–Crippen MR) is 97.9 cm³/mol. The van der Waals surface area contributed by atoms with E-state index >= 15 is 0 Å². The van der Waals surface area contributed by atoms with E-state index in [1.807, 2.05) is 27.6 Å². The van der Waals surface area contributed by atoms with Crippen LogP contribution >= 0.6 is 11.3 Å². The molecular formula is C17H14N4O4S2. The summed E-state index contributed by atoms with van der Waals surface area (Å²) >= 11 is 1.50. The topological polar surface area (TPSA) is 126 Å². The van der Waals surface area contributed by atoms with Crippen LogP contribution < -0.4 is 4.72 Å². The predicted octanol–water partition coefficient (Wildman–Crippen LogP) is 2.25. The third-order valence-electron chi connectivity index (χ3n) is 3.51. The van der Waals surface area contributed by atoms with Crippen molar-refractivity contribution < 1.29 is 17.6 Å². The van der Waals surface area contributed by atoms with Crippen molar-refractivity contribution in [1.82, 2.24) is 14.9 Å². The second-order valence-electron chi connectivity index (χ2n) is 5.61. The maximum absolute atomic E-state index is 12.1. The Bertz CT molecular complexity index is 1070. The van der Waals surface area contributed by atoms with Gasteiger partial charge >= 0.3 is 0 Å². The van der Waals surface area contributed by atoms with E-state index in [0.29, 0.717) is 17.0 Å². The Balaban J connectivity index is 1.53. The van der Waals surface area contributed by atoms with E-state index in [-0.39, 0.29) is 24.5 Å². The quantitative estimate of drug-likeness (QED) is 0.642. The van der Waals surface area contributed by atoms with Crippen molar-refractivity contribution in [1.29, 1.82) is 5.26 Å². The first kappa shape index (κ1) is 18.8. The van der Waals surface area contributed by atoms with Crippen LogP contribution in [0.25, 0.3) is 11.5 Å². The smallest absolute Gasteiger partial charge is 0.248 e. The summed E-state index contributed by atoms with van der Waals surface area (Å²) in [7, 11) is -3.84. The van der Waals surface area contributed by atoms with Gasteiger partial charge in [-0.25, -0.2) is 8.42 Å². The molecule has 1 amide bonds. The largest absolute Gasteiger partial charge is 0.421 e. The van der Waals surface area contributed by atoms with Crippen molar-refractivity contribution in [2.75, 3.05) is 0 Å². The lowest BCUT2D eigenvalue weighted by Crippen LogP contribution is -2.31. The van der Waals surface area contributed by atoms with Gasteiger partial charge in [0.1, 0.15) is 0 Å². The van der Waals surface area contributed by atoms with E-state index in [2.05, 4.69) is 10.2 Å². The Morgan fingerprint density at radius 3 is 2.67 bits per heavy atom. The number of hydrogen-bond donors (Lipinski definition) is 1. The minimum atomic E-state index is -3.84. The third kappa shape index (κ3) is 5.22. The Hall–Kier alpha value is -3.03. The van der Waals surface area contributed by atoms with Gasteiger partial charge in [0, 0.05) is 23.8 Å². The van der Waals surface area contributed by atoms with Crippen LogP contribution in [0.3, 0.4) is 0 Å². The van der Waals surface area contributed by atoms with Gasteiger partial charge in [0.15, 0.2) is 0 Å². The number of nitriles is 1. The highest BCUT2D eigenvalue weighted by atomic mass is 32.2. The van der Waals surface area contributed by atoms with Gasteiger partial charge in [-0.05, 0) is 29.1 Å². The van der Waals surface area contributed by atoms with Gasteiger partial charge in [-0.1, -0.05) is 12.1 Å². The molecule has 0 atom stereocenters. The minimum Gasteiger partial charge on any atom is -0.421 e. The standard InChI is InChI=1S/C17H14N4O4S2/c18-9-12-1-3-13(4-2-12)11-27(23,24)21-15(22)5-6-16-19-20-17(25-16)14-7-8-26-10-14/h1-4,7-8,10H,5-6,11H2,(H,21,22). The molecule has 2 heterocycles. The second kappa shape index (κ2) is 8.11. The van der Waals surface area contributed by atoms with Crippen LogP contribution in [0.4, 0.5) is 0 Å². The SMILES string of the molecule is N#Cc1ccc(CS(=O)(=O)NC(=O)CCc2nnc(-c3ccsc3)o2)cc1. The molecule has 138 valence electrons. The molecule has 3 aromatic rings. The Labute approximate surface area is 159 Å². The Kier molecular flexibility index (Phi) is 5.63. The van der Waals surface area contributed by atoms with E-state index in [1.54, 1.807) is 0 Å². The number of amides is 1. The van der Waals surface area contributed by atoms with Gasteiger partial charge in [0.2, 0.25) is 27.7 Å². The molecule has 8 nitrogen and oxygen atoms in total. The van der Waals surface area contributed by atoms with Crippen molar-refractivity contribution in [3.63, 3.8) is 0 Å². The Morgan fingerprint density at radius 2 is 2.00 bits per heavy atom. The molecule has 0 fully saturated rings. The Morgan fingerprint density at radius 1 is 1.22 bits per heavy atom. The van der Waals surface area contributed by atoms with Gasteiger partial charge in [-0.15, -0.1) is 10.2 Å². The number of benzene rings is 1. The molecule has 0 unspecified atom stereocenters. The molecule has 0 bridgehead atoms. The summed E-state index contributed by atoms with van der Waals surface area (Å²) in [6.45, 7) is 0. The molecule has 0 saturated carbocycles. The van der Waals surface area contributed by atoms with E-state index in [0.717, 1.165) is 5.56 Å². The van der Waals surface area contributed by atoms with Gasteiger partial charge < -0.3 is 4.42 Å². The van der Waals surface area contributed by atoms with Crippen molar-refractivity contribution in [2.24, 2.45) is 0 Å². The van der Waals surface area contributed by atoms with E-state index < -0.39 is 15.9 Å². The number of rotatable bonds is 7. The van der Waals surface area contributed by atoms with Crippen LogP contribution in [0.1, 0.15) is 23.4 Å². The molecule has 0 spiro atoms. The monoisotopic (exact) mass is 402 g/mol. The third-order valence-corrected chi connectivity index (χ3v) is 5.45. The van der Waals surface area contributed by atoms with Gasteiger partial charge in [-0.3, -0.25) is 9.52 Å². The van der Waals surface area contributed by atoms with Gasteiger partial charge in [0.25, 0.3) is 0 Å². The van der Waals surface area contributed by atoms with Crippen LogP contribution in [0, 0.1) is 11.3 Å². The molecule has 1 N–H and O–H groups in total. The first-order valence-electron chi connectivity index (χ1n) is 7.82. The summed E-state index contributed by atoms with van der Waals surface area (Å²) in [5.41, 5.74) is 1.71. The summed E-state index contributed by atoms with van der Waals surface area (Å²) in [5.74, 6) is -0.386. The molecule has 0 aliphatic heterocycles. The average molecular weight is 402 g/mol. The number of nitrogens with one attached hydrogen (secondary N) is 1. The fraction of sp³-hybridized carbons (Fsp3) is 0.176. The summed E-state index contributed by atoms with van der Waals surface area (Å²) in [6, 6.07) is 9.90. The van der Waals surface area contributed by atoms with Crippen molar-refractivity contribution in [3.8, 4) is 17.5 Å². The summed E-state index contributed by atoms with van der Waals surface area (Å²) in [4.78, 5) is 11.9. The van der Waals surface area contributed by atoms with Gasteiger partial charge in [0.05, 0.1) is 17.4 Å². The fourth-order valence-corrected chi connectivity index (χ4v) is 4.02. The molecule has 10 heteroatoms. The van der Waals surface area contributed by atoms with Crippen molar-refractivity contribution >= 4 is 27.3 Å². The van der Waals surface area contributed by atoms with E-state index in [4.69, 9.17) is 9.68 Å². The first-order chi connectivity index (χ1) is 12.9. The highest BCUT2D eigenvalue weighted by Gasteiger charge is 2.17. The number of nitrogens with zero attached hydrogens (tertiary/aromatic N) is 3. The summed E-state index contributed by atoms with van der Waals surface area (Å²) < 4.78 is 31.6. The van der Waals surface area contributed by atoms with Gasteiger partial charge in [-0.2, -0.15) is 16.6 Å². The first-order valence-corrected chi connectivity index (χ1v) is 10.4. The molecule has 0 radical (unpaired) electrons. The van der Waals surface area contributed by atoms with Crippen LogP contribution in [0.5, 0.6) is 0 Å². The number of sulfonamides is 1. The maximum atomic E-state index is 12.1. The number of thiophene rings is 1. The molecule has 0 saturated heterocycles. The lowest BCUT2D eigenvalue weighted by molar-refractivity contribution is -0.119. The molecule has 0 aliphatic rings. The molecule has 27 heavy (non-hydrogen) atoms. The lowest BCUT2D eigenvalue weighted by Gasteiger charge is -2.06. The number of carbonyl (C=O) groups is 1. The number of aromatic nitrogens is 2. The van der Waals surface area contributed by atoms with E-state index in [1.165, 1.54) is 35.6 Å². The van der Waals surface area contributed by atoms with Crippen molar-refractivity contribution in [3.05, 3.63) is 58.1 Å². The zero-order valence-electron chi connectivity index (χ0n) is 14.0. The van der Waals surface area contributed by atoms with Crippen LogP contribution in [-0.2, 0) is 27.0 Å². The number of carbonyl (C=O) groups excluding carboxylic acids is 1. The highest BCUT2D eigenvalue weighted by molar-refractivity contribution is 7.89. The molecule has 0 aliphatic carbocycles. The van der Waals surface area contributed by atoms with Crippen LogP contribution in [0.2, 0.25) is 0 Å². The van der Waals surface area contributed by atoms with Crippen LogP contribution in [0.15, 0.2) is 45.5 Å². The van der Waals surface area contributed by atoms with Crippen LogP contribution in [-0.4, -0.2) is 24.5 Å². The minimum absolute atomic E-state index is 0.0993. The summed E-state index contributed by atoms with van der Waals surface area (Å²) in [5, 5.41) is 20.2. The number of aryl methyl sites for hydroxylation is 1.